The van der Waals surface area contributed by atoms with Crippen molar-refractivity contribution in [2.45, 2.75) is 26.3 Å². The highest BCUT2D eigenvalue weighted by molar-refractivity contribution is 8.13. The number of benzene rings is 1. The Morgan fingerprint density at radius 2 is 1.96 bits per heavy atom. The van der Waals surface area contributed by atoms with E-state index in [1.54, 1.807) is 13.8 Å². The fourth-order valence-electron chi connectivity index (χ4n) is 2.71. The van der Waals surface area contributed by atoms with E-state index < -0.39 is 38.8 Å². The Hall–Kier alpha value is -1.60. The second-order valence-electron chi connectivity index (χ2n) is 6.18. The van der Waals surface area contributed by atoms with E-state index in [9.17, 15) is 18.0 Å². The second-order valence-corrected chi connectivity index (χ2v) is 9.01. The summed E-state index contributed by atoms with van der Waals surface area (Å²) in [5.74, 6) is -2.24. The maximum atomic E-state index is 12.8. The maximum Gasteiger partial charge on any atom is 0.416 e. The SMILES string of the molecule is CC(C)[C@@H](CS(=O)(=O)Cl)C(=O)N1C(=O)OCC1Cc1ccccc1. The standard InChI is InChI=1S/C16H20ClNO5S/c1-11(2)14(10-24(17,21)22)15(19)18-13(9-23-16(18)20)8-12-6-4-3-5-7-12/h3-7,11,13-14H,8-10H2,1-2H3/t13?,14-/m1/s1. The average molecular weight is 374 g/mol. The predicted octanol–water partition coefficient (Wildman–Crippen LogP) is 2.42. The number of carbonyl (C=O) groups excluding carboxylic acids is 2. The third-order valence-electron chi connectivity index (χ3n) is 4.01. The molecular formula is C16H20ClNO5S. The van der Waals surface area contributed by atoms with Crippen LogP contribution in [0.2, 0.25) is 0 Å². The highest BCUT2D eigenvalue weighted by Gasteiger charge is 2.42. The molecule has 2 rings (SSSR count). The van der Waals surface area contributed by atoms with Gasteiger partial charge in [-0.1, -0.05) is 44.2 Å². The average Bonchev–Trinajstić information content (AvgIpc) is 2.85. The first kappa shape index (κ1) is 18.7. The van der Waals surface area contributed by atoms with Gasteiger partial charge in [0.15, 0.2) is 0 Å². The minimum atomic E-state index is -3.86. The van der Waals surface area contributed by atoms with Crippen molar-refractivity contribution in [2.24, 2.45) is 11.8 Å². The minimum absolute atomic E-state index is 0.0951. The molecule has 1 aromatic rings. The number of rotatable bonds is 6. The number of cyclic esters (lactones) is 1. The molecule has 0 N–H and O–H groups in total. The van der Waals surface area contributed by atoms with Gasteiger partial charge in [0.1, 0.15) is 6.61 Å². The largest absolute Gasteiger partial charge is 0.447 e. The molecule has 2 atom stereocenters. The van der Waals surface area contributed by atoms with Gasteiger partial charge in [0.2, 0.25) is 15.0 Å². The molecule has 6 nitrogen and oxygen atoms in total. The summed E-state index contributed by atoms with van der Waals surface area (Å²) >= 11 is 0. The second kappa shape index (κ2) is 7.53. The van der Waals surface area contributed by atoms with Crippen LogP contribution in [0.15, 0.2) is 30.3 Å². The summed E-state index contributed by atoms with van der Waals surface area (Å²) < 4.78 is 27.8. The van der Waals surface area contributed by atoms with Gasteiger partial charge in [-0.3, -0.25) is 4.79 Å². The lowest BCUT2D eigenvalue weighted by atomic mass is 9.95. The van der Waals surface area contributed by atoms with Crippen molar-refractivity contribution in [3.05, 3.63) is 35.9 Å². The molecule has 0 aliphatic carbocycles. The van der Waals surface area contributed by atoms with Crippen LogP contribution < -0.4 is 0 Å². The molecule has 1 heterocycles. The van der Waals surface area contributed by atoms with Crippen LogP contribution in [0.3, 0.4) is 0 Å². The maximum absolute atomic E-state index is 12.8. The summed E-state index contributed by atoms with van der Waals surface area (Å²) in [6.07, 6.45) is -0.282. The number of imide groups is 1. The summed E-state index contributed by atoms with van der Waals surface area (Å²) in [4.78, 5) is 25.8. The lowest BCUT2D eigenvalue weighted by Crippen LogP contribution is -2.46. The number of amides is 2. The van der Waals surface area contributed by atoms with Crippen LogP contribution in [0.25, 0.3) is 0 Å². The van der Waals surface area contributed by atoms with Crippen molar-refractivity contribution in [2.75, 3.05) is 12.4 Å². The van der Waals surface area contributed by atoms with Crippen LogP contribution in [-0.4, -0.2) is 43.7 Å². The quantitative estimate of drug-likeness (QED) is 0.715. The van der Waals surface area contributed by atoms with Crippen LogP contribution in [0, 0.1) is 11.8 Å². The van der Waals surface area contributed by atoms with Crippen LogP contribution >= 0.6 is 10.7 Å². The van der Waals surface area contributed by atoms with E-state index in [1.165, 1.54) is 0 Å². The van der Waals surface area contributed by atoms with Crippen LogP contribution in [0.4, 0.5) is 4.79 Å². The molecule has 0 bridgehead atoms. The van der Waals surface area contributed by atoms with E-state index in [-0.39, 0.29) is 12.5 Å². The van der Waals surface area contributed by atoms with Gasteiger partial charge in [0.05, 0.1) is 17.7 Å². The molecule has 1 aromatic carbocycles. The van der Waals surface area contributed by atoms with E-state index in [4.69, 9.17) is 15.4 Å². The molecule has 0 aromatic heterocycles. The fraction of sp³-hybridized carbons (Fsp3) is 0.500. The summed E-state index contributed by atoms with van der Waals surface area (Å²) in [5, 5.41) is 0. The molecule has 1 unspecified atom stereocenters. The Morgan fingerprint density at radius 3 is 2.50 bits per heavy atom. The first-order chi connectivity index (χ1) is 11.2. The normalized spacial score (nSPS) is 19.4. The van der Waals surface area contributed by atoms with Crippen LogP contribution in [0.1, 0.15) is 19.4 Å². The molecule has 132 valence electrons. The van der Waals surface area contributed by atoms with Crippen LogP contribution in [0.5, 0.6) is 0 Å². The fourth-order valence-corrected chi connectivity index (χ4v) is 4.07. The molecule has 8 heteroatoms. The molecule has 2 amide bonds. The Morgan fingerprint density at radius 1 is 1.33 bits per heavy atom. The summed E-state index contributed by atoms with van der Waals surface area (Å²) in [7, 11) is 1.45. The van der Waals surface area contributed by atoms with Gasteiger partial charge in [0.25, 0.3) is 0 Å². The van der Waals surface area contributed by atoms with Gasteiger partial charge >= 0.3 is 6.09 Å². The third-order valence-corrected chi connectivity index (χ3v) is 5.15. The number of hydrogen-bond acceptors (Lipinski definition) is 5. The molecule has 0 radical (unpaired) electrons. The molecule has 1 aliphatic heterocycles. The lowest BCUT2D eigenvalue weighted by Gasteiger charge is -2.26. The Labute approximate surface area is 146 Å². The first-order valence-corrected chi connectivity index (χ1v) is 10.1. The topological polar surface area (TPSA) is 80.8 Å². The number of ether oxygens (including phenoxy) is 1. The third kappa shape index (κ3) is 4.70. The van der Waals surface area contributed by atoms with Crippen molar-refractivity contribution in [3.63, 3.8) is 0 Å². The molecule has 1 aliphatic rings. The van der Waals surface area contributed by atoms with Gasteiger partial charge in [-0.15, -0.1) is 0 Å². The van der Waals surface area contributed by atoms with E-state index in [0.717, 1.165) is 10.5 Å². The zero-order valence-electron chi connectivity index (χ0n) is 13.5. The molecule has 0 spiro atoms. The van der Waals surface area contributed by atoms with E-state index in [1.807, 2.05) is 30.3 Å². The van der Waals surface area contributed by atoms with E-state index >= 15 is 0 Å². The number of hydrogen-bond donors (Lipinski definition) is 0. The smallest absolute Gasteiger partial charge is 0.416 e. The number of nitrogens with zero attached hydrogens (tertiary/aromatic N) is 1. The van der Waals surface area contributed by atoms with Crippen molar-refractivity contribution >= 4 is 31.7 Å². The Bertz CT molecular complexity index is 704. The Kier molecular flexibility index (Phi) is 5.87. The molecule has 1 saturated heterocycles. The van der Waals surface area contributed by atoms with Crippen molar-refractivity contribution in [3.8, 4) is 0 Å². The highest BCUT2D eigenvalue weighted by Crippen LogP contribution is 2.25. The monoisotopic (exact) mass is 373 g/mol. The molecular weight excluding hydrogens is 354 g/mol. The predicted molar refractivity (Wildman–Crippen MR) is 90.1 cm³/mol. The summed E-state index contributed by atoms with van der Waals surface area (Å²) in [6, 6.07) is 8.96. The summed E-state index contributed by atoms with van der Waals surface area (Å²) in [6.45, 7) is 3.54. The van der Waals surface area contributed by atoms with Gasteiger partial charge in [0, 0.05) is 10.7 Å². The minimum Gasteiger partial charge on any atom is -0.447 e. The van der Waals surface area contributed by atoms with E-state index in [0.29, 0.717) is 6.42 Å². The zero-order valence-corrected chi connectivity index (χ0v) is 15.1. The number of halogens is 1. The van der Waals surface area contributed by atoms with Gasteiger partial charge in [-0.25, -0.2) is 18.1 Å². The Balaban J connectivity index is 2.21. The van der Waals surface area contributed by atoms with Gasteiger partial charge in [-0.2, -0.15) is 0 Å². The zero-order chi connectivity index (χ0) is 17.9. The van der Waals surface area contributed by atoms with Crippen molar-refractivity contribution < 1.29 is 22.7 Å². The van der Waals surface area contributed by atoms with E-state index in [2.05, 4.69) is 0 Å². The first-order valence-electron chi connectivity index (χ1n) is 7.65. The number of carbonyl (C=O) groups is 2. The van der Waals surface area contributed by atoms with Crippen molar-refractivity contribution in [1.82, 2.24) is 4.90 Å². The molecule has 24 heavy (non-hydrogen) atoms. The van der Waals surface area contributed by atoms with Gasteiger partial charge < -0.3 is 4.74 Å². The molecule has 0 saturated carbocycles. The van der Waals surface area contributed by atoms with Gasteiger partial charge in [-0.05, 0) is 17.9 Å². The highest BCUT2D eigenvalue weighted by atomic mass is 35.7. The molecule has 1 fully saturated rings. The van der Waals surface area contributed by atoms with Crippen molar-refractivity contribution in [1.29, 1.82) is 0 Å². The summed E-state index contributed by atoms with van der Waals surface area (Å²) in [5.41, 5.74) is 0.963. The van der Waals surface area contributed by atoms with Crippen LogP contribution in [-0.2, 0) is 25.0 Å². The lowest BCUT2D eigenvalue weighted by molar-refractivity contribution is -0.134.